The minimum absolute atomic E-state index is 0.0559. The van der Waals surface area contributed by atoms with Gasteiger partial charge in [-0.2, -0.15) is 0 Å². The Morgan fingerprint density at radius 3 is 1.30 bits per heavy atom. The fraction of sp³-hybridized carbons (Fsp3) is 0.667. The Morgan fingerprint density at radius 1 is 0.477 bits per heavy atom. The number of unbranched alkanes of at least 4 members (excludes halogenated alkanes) is 17. The normalized spacial score (nSPS) is 17.1. The van der Waals surface area contributed by atoms with E-state index >= 15 is 0 Å². The Morgan fingerprint density at radius 2 is 0.864 bits per heavy atom. The summed E-state index contributed by atoms with van der Waals surface area (Å²) in [4.78, 5) is 5.52. The molecule has 0 N–H and O–H groups in total. The van der Waals surface area contributed by atoms with Crippen LogP contribution in [0.25, 0.3) is 0 Å². The Bertz CT molecular complexity index is 970. The number of nitrogens with zero attached hydrogens (tertiary/aromatic N) is 2. The molecule has 2 aromatic carbocycles. The van der Waals surface area contributed by atoms with Crippen LogP contribution in [0.3, 0.4) is 0 Å². The molecule has 0 bridgehead atoms. The lowest BCUT2D eigenvalue weighted by atomic mass is 9.78. The van der Waals surface area contributed by atoms with Crippen molar-refractivity contribution < 1.29 is 0 Å². The molecule has 0 saturated heterocycles. The second-order valence-corrected chi connectivity index (χ2v) is 13.6. The Kier molecular flexibility index (Phi) is 18.4. The number of hydrogen-bond acceptors (Lipinski definition) is 2. The van der Waals surface area contributed by atoms with E-state index in [1.165, 1.54) is 133 Å². The van der Waals surface area contributed by atoms with Gasteiger partial charge in [0.25, 0.3) is 0 Å². The first-order valence-electron chi connectivity index (χ1n) is 19.1. The summed E-state index contributed by atoms with van der Waals surface area (Å²) in [6, 6.07) is 22.7. The maximum absolute atomic E-state index is 2.77. The van der Waals surface area contributed by atoms with Crippen LogP contribution in [0.2, 0.25) is 0 Å². The Labute approximate surface area is 273 Å². The summed E-state index contributed by atoms with van der Waals surface area (Å²) < 4.78 is 0. The highest BCUT2D eigenvalue weighted by molar-refractivity contribution is 5.30. The smallest absolute Gasteiger partial charge is 0.123 e. The van der Waals surface area contributed by atoms with Gasteiger partial charge in [-0.15, -0.1) is 0 Å². The van der Waals surface area contributed by atoms with Gasteiger partial charge in [-0.1, -0.05) is 191 Å². The molecule has 0 aromatic heterocycles. The van der Waals surface area contributed by atoms with Crippen molar-refractivity contribution in [2.45, 2.75) is 167 Å². The summed E-state index contributed by atoms with van der Waals surface area (Å²) in [5, 5.41) is 0. The molecule has 1 aliphatic heterocycles. The van der Waals surface area contributed by atoms with E-state index in [1.54, 1.807) is 0 Å². The van der Waals surface area contributed by atoms with Crippen LogP contribution in [-0.2, 0) is 6.42 Å². The van der Waals surface area contributed by atoms with Gasteiger partial charge in [-0.3, -0.25) is 0 Å². The highest BCUT2D eigenvalue weighted by Crippen LogP contribution is 2.45. The third-order valence-corrected chi connectivity index (χ3v) is 10.2. The number of hydrogen-bond donors (Lipinski definition) is 0. The van der Waals surface area contributed by atoms with Crippen molar-refractivity contribution in [2.24, 2.45) is 0 Å². The van der Waals surface area contributed by atoms with Crippen LogP contribution in [0, 0.1) is 0 Å². The highest BCUT2D eigenvalue weighted by Gasteiger charge is 2.49. The Hall–Kier alpha value is -2.22. The molecule has 0 amide bonds. The third-order valence-electron chi connectivity index (χ3n) is 10.2. The highest BCUT2D eigenvalue weighted by atomic mass is 15.4. The topological polar surface area (TPSA) is 6.48 Å². The third kappa shape index (κ3) is 11.9. The molecular weight excluding hydrogens is 532 g/mol. The fourth-order valence-corrected chi connectivity index (χ4v) is 7.62. The lowest BCUT2D eigenvalue weighted by Gasteiger charge is -2.51. The maximum Gasteiger partial charge on any atom is 0.123 e. The van der Waals surface area contributed by atoms with Crippen LogP contribution >= 0.6 is 0 Å². The van der Waals surface area contributed by atoms with Crippen LogP contribution < -0.4 is 0 Å². The SMILES string of the molecule is CCCCCCCCCCCCCCCCCN1C=CN(CCCCCC)C1(Cc1ccccc1)C(CC)c1ccccc1. The van der Waals surface area contributed by atoms with Crippen LogP contribution in [0.1, 0.15) is 166 Å². The summed E-state index contributed by atoms with van der Waals surface area (Å²) in [7, 11) is 0. The summed E-state index contributed by atoms with van der Waals surface area (Å²) in [5.41, 5.74) is 2.87. The second kappa shape index (κ2) is 22.3. The minimum Gasteiger partial charge on any atom is -0.353 e. The quantitative estimate of drug-likeness (QED) is 0.0991. The lowest BCUT2D eigenvalue weighted by molar-refractivity contribution is -0.00377. The molecule has 0 aliphatic carbocycles. The summed E-state index contributed by atoms with van der Waals surface area (Å²) in [5.74, 6) is 0.446. The van der Waals surface area contributed by atoms with Gasteiger partial charge in [0.15, 0.2) is 0 Å². The molecule has 2 atom stereocenters. The summed E-state index contributed by atoms with van der Waals surface area (Å²) in [6.07, 6.45) is 33.6. The standard InChI is InChI=1S/C42H68N2/c1-4-7-9-11-12-13-14-15-16-17-18-19-20-21-29-35-44-37-36-43(34-28-10-8-5-2)42(44,38-39-30-24-22-25-31-39)41(6-3)40-32-26-23-27-33-40/h22-27,30-33,36-37,41H,4-21,28-29,34-35,38H2,1-3H3. The largest absolute Gasteiger partial charge is 0.353 e. The molecule has 3 rings (SSSR count). The van der Waals surface area contributed by atoms with Crippen molar-refractivity contribution in [3.05, 3.63) is 84.2 Å². The number of rotatable bonds is 26. The molecule has 0 radical (unpaired) electrons. The predicted octanol–water partition coefficient (Wildman–Crippen LogP) is 12.7. The van der Waals surface area contributed by atoms with Crippen LogP contribution in [0.5, 0.6) is 0 Å². The first-order chi connectivity index (χ1) is 21.8. The molecule has 2 unspecified atom stereocenters. The van der Waals surface area contributed by atoms with Crippen LogP contribution in [-0.4, -0.2) is 28.6 Å². The van der Waals surface area contributed by atoms with E-state index in [2.05, 4.69) is 104 Å². The van der Waals surface area contributed by atoms with Crippen molar-refractivity contribution in [1.82, 2.24) is 9.80 Å². The lowest BCUT2D eigenvalue weighted by Crippen LogP contribution is -2.59. The maximum atomic E-state index is 2.77. The van der Waals surface area contributed by atoms with Gasteiger partial charge in [0.1, 0.15) is 5.66 Å². The van der Waals surface area contributed by atoms with Crippen LogP contribution in [0.15, 0.2) is 73.1 Å². The monoisotopic (exact) mass is 601 g/mol. The van der Waals surface area contributed by atoms with E-state index in [-0.39, 0.29) is 5.66 Å². The molecule has 1 heterocycles. The zero-order valence-corrected chi connectivity index (χ0v) is 29.2. The van der Waals surface area contributed by atoms with E-state index in [0.717, 1.165) is 25.9 Å². The fourth-order valence-electron chi connectivity index (χ4n) is 7.62. The molecule has 246 valence electrons. The van der Waals surface area contributed by atoms with E-state index in [1.807, 2.05) is 0 Å². The van der Waals surface area contributed by atoms with E-state index < -0.39 is 0 Å². The minimum atomic E-state index is -0.0559. The van der Waals surface area contributed by atoms with Gasteiger partial charge >= 0.3 is 0 Å². The Balaban J connectivity index is 1.56. The number of benzene rings is 2. The zero-order chi connectivity index (χ0) is 31.1. The molecule has 44 heavy (non-hydrogen) atoms. The van der Waals surface area contributed by atoms with Gasteiger partial charge in [-0.05, 0) is 30.4 Å². The van der Waals surface area contributed by atoms with Crippen molar-refractivity contribution in [2.75, 3.05) is 13.1 Å². The average molecular weight is 601 g/mol. The van der Waals surface area contributed by atoms with Gasteiger partial charge in [-0.25, -0.2) is 0 Å². The van der Waals surface area contributed by atoms with Gasteiger partial charge in [0.05, 0.1) is 0 Å². The average Bonchev–Trinajstić information content (AvgIpc) is 3.39. The molecule has 2 heteroatoms. The van der Waals surface area contributed by atoms with Gasteiger partial charge in [0.2, 0.25) is 0 Å². The molecular formula is C42H68N2. The predicted molar refractivity (Wildman–Crippen MR) is 194 cm³/mol. The van der Waals surface area contributed by atoms with Gasteiger partial charge < -0.3 is 9.80 Å². The second-order valence-electron chi connectivity index (χ2n) is 13.6. The van der Waals surface area contributed by atoms with Crippen molar-refractivity contribution in [1.29, 1.82) is 0 Å². The molecule has 0 fully saturated rings. The van der Waals surface area contributed by atoms with Crippen molar-refractivity contribution in [3.8, 4) is 0 Å². The molecule has 0 saturated carbocycles. The molecule has 1 aliphatic rings. The summed E-state index contributed by atoms with van der Waals surface area (Å²) >= 11 is 0. The van der Waals surface area contributed by atoms with Crippen molar-refractivity contribution in [3.63, 3.8) is 0 Å². The van der Waals surface area contributed by atoms with E-state index in [4.69, 9.17) is 0 Å². The van der Waals surface area contributed by atoms with Crippen molar-refractivity contribution >= 4 is 0 Å². The van der Waals surface area contributed by atoms with Crippen LogP contribution in [0.4, 0.5) is 0 Å². The molecule has 2 nitrogen and oxygen atoms in total. The van der Waals surface area contributed by atoms with Gasteiger partial charge in [0, 0.05) is 37.8 Å². The first kappa shape index (κ1) is 36.3. The summed E-state index contributed by atoms with van der Waals surface area (Å²) in [6.45, 7) is 9.32. The molecule has 2 aromatic rings. The zero-order valence-electron chi connectivity index (χ0n) is 29.2. The van der Waals surface area contributed by atoms with E-state index in [9.17, 15) is 0 Å². The molecule has 0 spiro atoms. The first-order valence-corrected chi connectivity index (χ1v) is 19.1. The van der Waals surface area contributed by atoms with E-state index in [0.29, 0.717) is 5.92 Å².